The third-order valence-corrected chi connectivity index (χ3v) is 3.08. The first kappa shape index (κ1) is 14.0. The maximum atomic E-state index is 12.1. The van der Waals surface area contributed by atoms with E-state index in [-0.39, 0.29) is 5.91 Å². The van der Waals surface area contributed by atoms with Crippen LogP contribution in [-0.2, 0) is 4.79 Å². The van der Waals surface area contributed by atoms with Crippen molar-refractivity contribution >= 4 is 5.91 Å². The van der Waals surface area contributed by atoms with Crippen LogP contribution in [0.15, 0.2) is 23.3 Å². The first-order valence-electron chi connectivity index (χ1n) is 6.27. The quantitative estimate of drug-likeness (QED) is 0.729. The molecule has 3 heteroatoms. The summed E-state index contributed by atoms with van der Waals surface area (Å²) in [5.41, 5.74) is 2.31. The summed E-state index contributed by atoms with van der Waals surface area (Å²) < 4.78 is 0. The van der Waals surface area contributed by atoms with Crippen LogP contribution in [0.2, 0.25) is 0 Å². The lowest BCUT2D eigenvalue weighted by Gasteiger charge is -2.21. The molecule has 17 heavy (non-hydrogen) atoms. The molecular formula is C14H24N2O. The van der Waals surface area contributed by atoms with Crippen LogP contribution in [0.25, 0.3) is 0 Å². The summed E-state index contributed by atoms with van der Waals surface area (Å²) in [6.07, 6.45) is 6.97. The second kappa shape index (κ2) is 6.60. The highest BCUT2D eigenvalue weighted by Gasteiger charge is 2.15. The van der Waals surface area contributed by atoms with Gasteiger partial charge in [-0.2, -0.15) is 0 Å². The topological polar surface area (TPSA) is 23.6 Å². The number of hydrogen-bond acceptors (Lipinski definition) is 2. The Morgan fingerprint density at radius 3 is 2.41 bits per heavy atom. The molecule has 1 aliphatic rings. The number of amides is 1. The number of allylic oxidation sites excluding steroid dienone is 3. The average molecular weight is 236 g/mol. The van der Waals surface area contributed by atoms with Crippen LogP contribution in [0.1, 0.15) is 26.2 Å². The normalized spacial score (nSPS) is 15.6. The van der Waals surface area contributed by atoms with Crippen molar-refractivity contribution in [3.63, 3.8) is 0 Å². The molecular weight excluding hydrogens is 212 g/mol. The lowest BCUT2D eigenvalue weighted by Crippen LogP contribution is -2.31. The molecule has 0 aromatic rings. The molecule has 0 bridgehead atoms. The molecule has 1 rings (SSSR count). The largest absolute Gasteiger partial charge is 0.342 e. The highest BCUT2D eigenvalue weighted by molar-refractivity contribution is 5.93. The van der Waals surface area contributed by atoms with E-state index in [1.165, 1.54) is 5.57 Å². The lowest BCUT2D eigenvalue weighted by atomic mass is 9.98. The standard InChI is InChI=1S/C14H24N2O/c1-12-6-8-13(9-7-12)14(17)16(4)11-5-10-15(2)3/h6,8H,5,7,9-11H2,1-4H3. The van der Waals surface area contributed by atoms with E-state index in [4.69, 9.17) is 0 Å². The molecule has 0 spiro atoms. The second-order valence-corrected chi connectivity index (χ2v) is 5.09. The smallest absolute Gasteiger partial charge is 0.249 e. The number of nitrogens with zero attached hydrogens (tertiary/aromatic N) is 2. The summed E-state index contributed by atoms with van der Waals surface area (Å²) in [7, 11) is 6.00. The number of hydrogen-bond donors (Lipinski definition) is 0. The average Bonchev–Trinajstić information content (AvgIpc) is 2.28. The molecule has 0 N–H and O–H groups in total. The van der Waals surface area contributed by atoms with E-state index >= 15 is 0 Å². The van der Waals surface area contributed by atoms with Crippen molar-refractivity contribution in [3.8, 4) is 0 Å². The number of carbonyl (C=O) groups is 1. The van der Waals surface area contributed by atoms with Gasteiger partial charge >= 0.3 is 0 Å². The summed E-state index contributed by atoms with van der Waals surface area (Å²) in [4.78, 5) is 16.1. The van der Waals surface area contributed by atoms with Crippen molar-refractivity contribution < 1.29 is 4.79 Å². The molecule has 0 saturated carbocycles. The molecule has 0 saturated heterocycles. The Hall–Kier alpha value is -1.09. The molecule has 0 atom stereocenters. The number of likely N-dealkylation sites (N-methyl/N-ethyl adjacent to an activating group) is 1. The SMILES string of the molecule is CC1=CC=C(C(=O)N(C)CCCN(C)C)CC1. The molecule has 0 fully saturated rings. The molecule has 0 heterocycles. The van der Waals surface area contributed by atoms with Gasteiger partial charge in [-0.15, -0.1) is 0 Å². The first-order valence-corrected chi connectivity index (χ1v) is 6.27. The van der Waals surface area contributed by atoms with Crippen molar-refractivity contribution in [2.45, 2.75) is 26.2 Å². The molecule has 0 aromatic carbocycles. The minimum absolute atomic E-state index is 0.188. The molecule has 0 unspecified atom stereocenters. The van der Waals surface area contributed by atoms with E-state index in [2.05, 4.69) is 32.0 Å². The Labute approximate surface area is 105 Å². The van der Waals surface area contributed by atoms with Crippen molar-refractivity contribution in [1.29, 1.82) is 0 Å². The molecule has 3 nitrogen and oxygen atoms in total. The van der Waals surface area contributed by atoms with E-state index in [9.17, 15) is 4.79 Å². The predicted molar refractivity (Wildman–Crippen MR) is 71.9 cm³/mol. The highest BCUT2D eigenvalue weighted by atomic mass is 16.2. The fraction of sp³-hybridized carbons (Fsp3) is 0.643. The zero-order chi connectivity index (χ0) is 12.8. The number of rotatable bonds is 5. The van der Waals surface area contributed by atoms with Crippen LogP contribution in [0.5, 0.6) is 0 Å². The van der Waals surface area contributed by atoms with Gasteiger partial charge in [-0.3, -0.25) is 4.79 Å². The Bertz CT molecular complexity index is 329. The van der Waals surface area contributed by atoms with Gasteiger partial charge in [0.05, 0.1) is 0 Å². The highest BCUT2D eigenvalue weighted by Crippen LogP contribution is 2.19. The monoisotopic (exact) mass is 236 g/mol. The Morgan fingerprint density at radius 1 is 1.18 bits per heavy atom. The van der Waals surface area contributed by atoms with Gasteiger partial charge in [0.15, 0.2) is 0 Å². The molecule has 1 amide bonds. The fourth-order valence-corrected chi connectivity index (χ4v) is 1.89. The van der Waals surface area contributed by atoms with Gasteiger partial charge in [0, 0.05) is 19.2 Å². The van der Waals surface area contributed by atoms with Crippen LogP contribution in [0.4, 0.5) is 0 Å². The fourth-order valence-electron chi connectivity index (χ4n) is 1.89. The van der Waals surface area contributed by atoms with E-state index < -0.39 is 0 Å². The van der Waals surface area contributed by atoms with Gasteiger partial charge in [-0.1, -0.05) is 17.7 Å². The second-order valence-electron chi connectivity index (χ2n) is 5.09. The third-order valence-electron chi connectivity index (χ3n) is 3.08. The molecule has 0 radical (unpaired) electrons. The lowest BCUT2D eigenvalue weighted by molar-refractivity contribution is -0.126. The van der Waals surface area contributed by atoms with E-state index in [0.29, 0.717) is 0 Å². The van der Waals surface area contributed by atoms with Gasteiger partial charge in [0.25, 0.3) is 0 Å². The molecule has 0 aliphatic heterocycles. The zero-order valence-corrected chi connectivity index (χ0v) is 11.5. The van der Waals surface area contributed by atoms with Crippen LogP contribution in [0, 0.1) is 0 Å². The Balaban J connectivity index is 2.42. The van der Waals surface area contributed by atoms with E-state index in [0.717, 1.165) is 37.9 Å². The summed E-state index contributed by atoms with van der Waals surface area (Å²) in [6, 6.07) is 0. The third kappa shape index (κ3) is 4.73. The summed E-state index contributed by atoms with van der Waals surface area (Å²) in [6.45, 7) is 3.96. The maximum Gasteiger partial charge on any atom is 0.249 e. The van der Waals surface area contributed by atoms with Crippen molar-refractivity contribution in [2.75, 3.05) is 34.2 Å². The van der Waals surface area contributed by atoms with Crippen LogP contribution in [0.3, 0.4) is 0 Å². The maximum absolute atomic E-state index is 12.1. The molecule has 1 aliphatic carbocycles. The van der Waals surface area contributed by atoms with Gasteiger partial charge < -0.3 is 9.80 Å². The minimum atomic E-state index is 0.188. The van der Waals surface area contributed by atoms with Gasteiger partial charge in [-0.25, -0.2) is 0 Å². The summed E-state index contributed by atoms with van der Waals surface area (Å²) in [5.74, 6) is 0.188. The Morgan fingerprint density at radius 2 is 1.88 bits per heavy atom. The molecule has 0 aromatic heterocycles. The summed E-state index contributed by atoms with van der Waals surface area (Å²) in [5, 5.41) is 0. The van der Waals surface area contributed by atoms with E-state index in [1.807, 2.05) is 18.0 Å². The zero-order valence-electron chi connectivity index (χ0n) is 11.5. The Kier molecular flexibility index (Phi) is 5.42. The molecule has 96 valence electrons. The van der Waals surface area contributed by atoms with Crippen LogP contribution < -0.4 is 0 Å². The van der Waals surface area contributed by atoms with Crippen LogP contribution in [-0.4, -0.2) is 49.9 Å². The summed E-state index contributed by atoms with van der Waals surface area (Å²) >= 11 is 0. The van der Waals surface area contributed by atoms with Gasteiger partial charge in [-0.05, 0) is 46.8 Å². The van der Waals surface area contributed by atoms with Gasteiger partial charge in [0.1, 0.15) is 0 Å². The first-order chi connectivity index (χ1) is 8.00. The number of carbonyl (C=O) groups excluding carboxylic acids is 1. The van der Waals surface area contributed by atoms with Crippen molar-refractivity contribution in [2.24, 2.45) is 0 Å². The van der Waals surface area contributed by atoms with Crippen LogP contribution >= 0.6 is 0 Å². The van der Waals surface area contributed by atoms with Crippen molar-refractivity contribution in [1.82, 2.24) is 9.80 Å². The van der Waals surface area contributed by atoms with E-state index in [1.54, 1.807) is 0 Å². The van der Waals surface area contributed by atoms with Gasteiger partial charge in [0.2, 0.25) is 5.91 Å². The minimum Gasteiger partial charge on any atom is -0.342 e. The predicted octanol–water partition coefficient (Wildman–Crippen LogP) is 2.06. The van der Waals surface area contributed by atoms with Crippen molar-refractivity contribution in [3.05, 3.63) is 23.3 Å².